The Labute approximate surface area is 119 Å². The lowest BCUT2D eigenvalue weighted by atomic mass is 10.3. The molecule has 17 heavy (non-hydrogen) atoms. The van der Waals surface area contributed by atoms with Gasteiger partial charge in [0.05, 0.1) is 15.7 Å². The van der Waals surface area contributed by atoms with E-state index >= 15 is 0 Å². The summed E-state index contributed by atoms with van der Waals surface area (Å²) in [4.78, 5) is 1.90. The molecule has 0 spiro atoms. The summed E-state index contributed by atoms with van der Waals surface area (Å²) in [5.41, 5.74) is 0.604. The molecule has 0 fully saturated rings. The first-order valence-electron chi connectivity index (χ1n) is 4.76. The van der Waals surface area contributed by atoms with Crippen molar-refractivity contribution in [3.05, 3.63) is 52.5 Å². The Balaban J connectivity index is 2.37. The zero-order valence-corrected chi connectivity index (χ0v) is 11.7. The second-order valence-corrected chi connectivity index (χ2v) is 5.33. The maximum atomic E-state index is 6.15. The monoisotopic (exact) mass is 299 g/mol. The molecule has 0 saturated heterocycles. The second-order valence-electron chi connectivity index (χ2n) is 3.24. The number of nitrogens with zero attached hydrogens (tertiary/aromatic N) is 1. The van der Waals surface area contributed by atoms with Crippen LogP contribution in [0.5, 0.6) is 0 Å². The minimum absolute atomic E-state index is 0.565. The Hall–Kier alpha value is -0.610. The van der Waals surface area contributed by atoms with E-state index in [4.69, 9.17) is 23.2 Å². The average molecular weight is 300 g/mol. The Morgan fingerprint density at radius 1 is 1.00 bits per heavy atom. The third kappa shape index (κ3) is 3.19. The van der Waals surface area contributed by atoms with E-state index < -0.39 is 0 Å². The lowest BCUT2D eigenvalue weighted by Gasteiger charge is -2.07. The molecule has 0 unspecified atom stereocenters. The summed E-state index contributed by atoms with van der Waals surface area (Å²) in [5, 5.41) is 1.13. The highest BCUT2D eigenvalue weighted by atomic mass is 35.5. The van der Waals surface area contributed by atoms with E-state index in [1.165, 1.54) is 11.8 Å². The van der Waals surface area contributed by atoms with E-state index in [1.54, 1.807) is 12.1 Å². The molecule has 0 aromatic heterocycles. The van der Waals surface area contributed by atoms with Crippen LogP contribution in [0.3, 0.4) is 0 Å². The van der Waals surface area contributed by atoms with Gasteiger partial charge in [0, 0.05) is 22.2 Å². The van der Waals surface area contributed by atoms with Gasteiger partial charge in [-0.25, -0.2) is 0 Å². The van der Waals surface area contributed by atoms with Crippen LogP contribution in [0.2, 0.25) is 10.0 Å². The fourth-order valence-corrected chi connectivity index (χ4v) is 2.96. The smallest absolute Gasteiger partial charge is 0.0799 e. The van der Waals surface area contributed by atoms with E-state index in [0.29, 0.717) is 15.7 Å². The third-order valence-electron chi connectivity index (χ3n) is 2.05. The van der Waals surface area contributed by atoms with Crippen molar-refractivity contribution < 1.29 is 0 Å². The Kier molecular flexibility index (Phi) is 4.40. The van der Waals surface area contributed by atoms with Gasteiger partial charge in [0.15, 0.2) is 0 Å². The van der Waals surface area contributed by atoms with Gasteiger partial charge in [0.1, 0.15) is 0 Å². The largest absolute Gasteiger partial charge is 0.182 e. The highest BCUT2D eigenvalue weighted by molar-refractivity contribution is 7.99. The van der Waals surface area contributed by atoms with Gasteiger partial charge in [-0.15, -0.1) is 0 Å². The van der Waals surface area contributed by atoms with Crippen LogP contribution in [0.1, 0.15) is 0 Å². The first-order valence-corrected chi connectivity index (χ1v) is 6.70. The predicted molar refractivity (Wildman–Crippen MR) is 76.5 cm³/mol. The van der Waals surface area contributed by atoms with Gasteiger partial charge in [-0.1, -0.05) is 53.2 Å². The molecular formula is C12H7Cl2NS2. The van der Waals surface area contributed by atoms with Crippen LogP contribution in [0.4, 0.5) is 5.69 Å². The van der Waals surface area contributed by atoms with Crippen molar-refractivity contribution in [2.24, 2.45) is 4.36 Å². The molecule has 2 rings (SSSR count). The molecule has 2 aromatic rings. The predicted octanol–water partition coefficient (Wildman–Crippen LogP) is 5.51. The summed E-state index contributed by atoms with van der Waals surface area (Å²) < 4.78 is 3.65. The van der Waals surface area contributed by atoms with E-state index in [1.807, 2.05) is 30.3 Å². The molecule has 0 atom stereocenters. The van der Waals surface area contributed by atoms with Gasteiger partial charge in [-0.3, -0.25) is 0 Å². The van der Waals surface area contributed by atoms with Gasteiger partial charge in [-0.2, -0.15) is 4.36 Å². The summed E-state index contributed by atoms with van der Waals surface area (Å²) in [5.74, 6) is 0. The number of hydrogen-bond donors (Lipinski definition) is 0. The molecule has 0 amide bonds. The SMILES string of the molecule is S=Nc1cc(Cl)c(Sc2ccccc2)c(Cl)c1. The minimum atomic E-state index is 0.565. The topological polar surface area (TPSA) is 12.4 Å². The fraction of sp³-hybridized carbons (Fsp3) is 0. The second kappa shape index (κ2) is 5.83. The number of benzene rings is 2. The number of hydrogen-bond acceptors (Lipinski definition) is 3. The molecule has 2 aromatic carbocycles. The molecular weight excluding hydrogens is 293 g/mol. The van der Waals surface area contributed by atoms with Crippen LogP contribution in [0.15, 0.2) is 56.6 Å². The highest BCUT2D eigenvalue weighted by Crippen LogP contribution is 2.40. The summed E-state index contributed by atoms with van der Waals surface area (Å²) in [6.07, 6.45) is 0. The Morgan fingerprint density at radius 3 is 2.12 bits per heavy atom. The van der Waals surface area contributed by atoms with E-state index in [9.17, 15) is 0 Å². The summed E-state index contributed by atoms with van der Waals surface area (Å²) in [7, 11) is 0. The number of halogens is 2. The molecule has 0 heterocycles. The van der Waals surface area contributed by atoms with E-state index in [0.717, 1.165) is 9.79 Å². The van der Waals surface area contributed by atoms with Crippen LogP contribution in [-0.2, 0) is 12.4 Å². The molecule has 0 radical (unpaired) electrons. The molecule has 0 saturated carbocycles. The quantitative estimate of drug-likeness (QED) is 0.741. The first kappa shape index (κ1) is 12.8. The van der Waals surface area contributed by atoms with Gasteiger partial charge < -0.3 is 0 Å². The maximum absolute atomic E-state index is 6.15. The molecule has 0 aliphatic carbocycles. The zero-order chi connectivity index (χ0) is 12.3. The van der Waals surface area contributed by atoms with Crippen molar-refractivity contribution in [3.63, 3.8) is 0 Å². The molecule has 86 valence electrons. The van der Waals surface area contributed by atoms with Gasteiger partial charge in [-0.05, 0) is 24.3 Å². The number of rotatable bonds is 3. The van der Waals surface area contributed by atoms with Crippen molar-refractivity contribution in [3.8, 4) is 0 Å². The molecule has 0 aliphatic rings. The lowest BCUT2D eigenvalue weighted by molar-refractivity contribution is 1.39. The maximum Gasteiger partial charge on any atom is 0.0799 e. The van der Waals surface area contributed by atoms with Crippen LogP contribution in [0.25, 0.3) is 0 Å². The van der Waals surface area contributed by atoms with Crippen molar-refractivity contribution in [1.29, 1.82) is 0 Å². The Morgan fingerprint density at radius 2 is 1.59 bits per heavy atom. The first-order chi connectivity index (χ1) is 8.20. The Bertz CT molecular complexity index is 520. The van der Waals surface area contributed by atoms with Crippen LogP contribution >= 0.6 is 35.0 Å². The molecule has 5 heteroatoms. The van der Waals surface area contributed by atoms with Crippen molar-refractivity contribution in [2.45, 2.75) is 9.79 Å². The summed E-state index contributed by atoms with van der Waals surface area (Å²) in [6.45, 7) is 0. The zero-order valence-electron chi connectivity index (χ0n) is 8.56. The summed E-state index contributed by atoms with van der Waals surface area (Å²) in [6, 6.07) is 13.3. The van der Waals surface area contributed by atoms with Crippen LogP contribution in [0, 0.1) is 0 Å². The van der Waals surface area contributed by atoms with Crippen molar-refractivity contribution in [2.75, 3.05) is 0 Å². The molecule has 0 aliphatic heterocycles. The normalized spacial score (nSPS) is 10.2. The van der Waals surface area contributed by atoms with Crippen molar-refractivity contribution in [1.82, 2.24) is 0 Å². The van der Waals surface area contributed by atoms with Crippen LogP contribution < -0.4 is 0 Å². The van der Waals surface area contributed by atoms with Gasteiger partial charge in [0.25, 0.3) is 0 Å². The molecule has 0 bridgehead atoms. The highest BCUT2D eigenvalue weighted by Gasteiger charge is 2.09. The standard InChI is InChI=1S/C12H7Cl2NS2/c13-10-6-8(15-16)7-11(14)12(10)17-9-4-2-1-3-5-9/h1-7H. The lowest BCUT2D eigenvalue weighted by Crippen LogP contribution is -1.78. The van der Waals surface area contributed by atoms with Gasteiger partial charge >= 0.3 is 0 Å². The van der Waals surface area contributed by atoms with E-state index in [2.05, 4.69) is 16.8 Å². The summed E-state index contributed by atoms with van der Waals surface area (Å²) >= 11 is 18.4. The van der Waals surface area contributed by atoms with Crippen LogP contribution in [-0.4, -0.2) is 0 Å². The average Bonchev–Trinajstić information content (AvgIpc) is 2.35. The third-order valence-corrected chi connectivity index (χ3v) is 4.23. The molecule has 0 N–H and O–H groups in total. The molecule has 1 nitrogen and oxygen atoms in total. The van der Waals surface area contributed by atoms with Gasteiger partial charge in [0.2, 0.25) is 0 Å². The van der Waals surface area contributed by atoms with Crippen molar-refractivity contribution >= 4 is 53.1 Å². The van der Waals surface area contributed by atoms with E-state index in [-0.39, 0.29) is 0 Å². The fourth-order valence-electron chi connectivity index (χ4n) is 1.30. The minimum Gasteiger partial charge on any atom is -0.182 e.